The van der Waals surface area contributed by atoms with Gasteiger partial charge in [-0.3, -0.25) is 0 Å². The van der Waals surface area contributed by atoms with Gasteiger partial charge in [-0.05, 0) is 39.5 Å². The summed E-state index contributed by atoms with van der Waals surface area (Å²) in [6.45, 7) is 3.97. The van der Waals surface area contributed by atoms with Gasteiger partial charge >= 0.3 is 0 Å². The average Bonchev–Trinajstić information content (AvgIpc) is 2.44. The smallest absolute Gasteiger partial charge is 0.0691 e. The number of rotatable bonds is 11. The molecule has 0 amide bonds. The molecule has 0 bridgehead atoms. The van der Waals surface area contributed by atoms with Crippen molar-refractivity contribution in [3.63, 3.8) is 0 Å². The van der Waals surface area contributed by atoms with Gasteiger partial charge in [-0.1, -0.05) is 51.4 Å². The Hall–Kier alpha value is -0.120. The van der Waals surface area contributed by atoms with E-state index in [2.05, 4.69) is 12.2 Å². The molecule has 4 atom stereocenters. The van der Waals surface area contributed by atoms with Gasteiger partial charge < -0.3 is 15.5 Å². The molecule has 0 spiro atoms. The highest BCUT2D eigenvalue weighted by Crippen LogP contribution is 2.18. The van der Waals surface area contributed by atoms with E-state index in [1.807, 2.05) is 6.92 Å². The standard InChI is InChI=1S/C18H37NO2/c1-15(20)11-9-7-5-3-4-6-8-10-12-17-13-14-18(21)16(2)19-17/h15-21H,3-14H2,1-2H3/t15-,16-,17+,18-/m1/s1. The van der Waals surface area contributed by atoms with Crippen LogP contribution in [0.5, 0.6) is 0 Å². The van der Waals surface area contributed by atoms with E-state index in [9.17, 15) is 10.2 Å². The summed E-state index contributed by atoms with van der Waals surface area (Å²) in [5.41, 5.74) is 0. The maximum atomic E-state index is 9.68. The van der Waals surface area contributed by atoms with Crippen molar-refractivity contribution in [2.45, 2.75) is 115 Å². The number of nitrogens with one attached hydrogen (secondary N) is 1. The van der Waals surface area contributed by atoms with Crippen LogP contribution in [0.25, 0.3) is 0 Å². The first kappa shape index (κ1) is 18.9. The van der Waals surface area contributed by atoms with Crippen molar-refractivity contribution in [1.82, 2.24) is 5.32 Å². The third kappa shape index (κ3) is 9.49. The molecular formula is C18H37NO2. The lowest BCUT2D eigenvalue weighted by atomic mass is 9.93. The molecule has 3 N–H and O–H groups in total. The lowest BCUT2D eigenvalue weighted by molar-refractivity contribution is 0.0849. The van der Waals surface area contributed by atoms with E-state index in [-0.39, 0.29) is 18.2 Å². The van der Waals surface area contributed by atoms with Gasteiger partial charge in [0.05, 0.1) is 12.2 Å². The monoisotopic (exact) mass is 299 g/mol. The Morgan fingerprint density at radius 2 is 1.52 bits per heavy atom. The molecule has 1 fully saturated rings. The Bertz CT molecular complexity index is 245. The average molecular weight is 299 g/mol. The summed E-state index contributed by atoms with van der Waals surface area (Å²) in [4.78, 5) is 0. The minimum atomic E-state index is -0.143. The molecule has 0 aliphatic carbocycles. The molecule has 0 unspecified atom stereocenters. The number of unbranched alkanes of at least 4 members (excludes halogenated alkanes) is 7. The molecule has 0 radical (unpaired) electrons. The van der Waals surface area contributed by atoms with Gasteiger partial charge in [0.2, 0.25) is 0 Å². The second-order valence-corrected chi connectivity index (χ2v) is 7.05. The number of hydrogen-bond acceptors (Lipinski definition) is 3. The summed E-state index contributed by atoms with van der Waals surface area (Å²) in [7, 11) is 0. The summed E-state index contributed by atoms with van der Waals surface area (Å²) in [5, 5.41) is 22.4. The van der Waals surface area contributed by atoms with Crippen molar-refractivity contribution < 1.29 is 10.2 Å². The fourth-order valence-corrected chi connectivity index (χ4v) is 3.31. The summed E-state index contributed by atoms with van der Waals surface area (Å²) < 4.78 is 0. The van der Waals surface area contributed by atoms with Crippen molar-refractivity contribution in [2.75, 3.05) is 0 Å². The second kappa shape index (κ2) is 11.4. The van der Waals surface area contributed by atoms with Gasteiger partial charge in [-0.25, -0.2) is 0 Å². The van der Waals surface area contributed by atoms with Crippen LogP contribution in [-0.4, -0.2) is 34.5 Å². The third-order valence-corrected chi connectivity index (χ3v) is 4.81. The summed E-state index contributed by atoms with van der Waals surface area (Å²) in [6.07, 6.45) is 14.6. The van der Waals surface area contributed by atoms with Crippen LogP contribution in [0, 0.1) is 0 Å². The first-order valence-corrected chi connectivity index (χ1v) is 9.21. The summed E-state index contributed by atoms with van der Waals surface area (Å²) in [6, 6.07) is 0.897. The third-order valence-electron chi connectivity index (χ3n) is 4.81. The zero-order valence-electron chi connectivity index (χ0n) is 14.2. The van der Waals surface area contributed by atoms with Crippen LogP contribution < -0.4 is 5.32 Å². The molecule has 1 aliphatic heterocycles. The Morgan fingerprint density at radius 1 is 0.952 bits per heavy atom. The van der Waals surface area contributed by atoms with Gasteiger partial charge in [-0.15, -0.1) is 0 Å². The van der Waals surface area contributed by atoms with E-state index in [0.717, 1.165) is 19.3 Å². The SMILES string of the molecule is C[C@@H](O)CCCCCCCCCC[C@H]1CC[C@@H](O)[C@@H](C)N1. The van der Waals surface area contributed by atoms with Crippen LogP contribution in [0.15, 0.2) is 0 Å². The van der Waals surface area contributed by atoms with Crippen molar-refractivity contribution in [3.05, 3.63) is 0 Å². The largest absolute Gasteiger partial charge is 0.393 e. The fourth-order valence-electron chi connectivity index (χ4n) is 3.31. The summed E-state index contributed by atoms with van der Waals surface area (Å²) in [5.74, 6) is 0. The molecule has 1 heterocycles. The van der Waals surface area contributed by atoms with Crippen molar-refractivity contribution >= 4 is 0 Å². The van der Waals surface area contributed by atoms with Gasteiger partial charge in [0, 0.05) is 12.1 Å². The molecule has 1 aliphatic rings. The highest BCUT2D eigenvalue weighted by atomic mass is 16.3. The van der Waals surface area contributed by atoms with Crippen molar-refractivity contribution in [1.29, 1.82) is 0 Å². The molecule has 0 aromatic heterocycles. The van der Waals surface area contributed by atoms with Crippen LogP contribution in [0.4, 0.5) is 0 Å². The Labute approximate surface area is 131 Å². The molecular weight excluding hydrogens is 262 g/mol. The minimum Gasteiger partial charge on any atom is -0.393 e. The van der Waals surface area contributed by atoms with E-state index >= 15 is 0 Å². The maximum absolute atomic E-state index is 9.68. The molecule has 1 saturated heterocycles. The first-order valence-electron chi connectivity index (χ1n) is 9.21. The number of aliphatic hydroxyl groups excluding tert-OH is 2. The number of piperidine rings is 1. The molecule has 3 nitrogen and oxygen atoms in total. The molecule has 0 saturated carbocycles. The van der Waals surface area contributed by atoms with Crippen LogP contribution in [0.3, 0.4) is 0 Å². The van der Waals surface area contributed by atoms with Gasteiger partial charge in [0.25, 0.3) is 0 Å². The molecule has 126 valence electrons. The molecule has 0 aromatic carbocycles. The van der Waals surface area contributed by atoms with Crippen LogP contribution in [0.2, 0.25) is 0 Å². The minimum absolute atomic E-state index is 0.123. The van der Waals surface area contributed by atoms with Crippen LogP contribution in [0.1, 0.15) is 90.9 Å². The Balaban J connectivity index is 1.82. The fraction of sp³-hybridized carbons (Fsp3) is 1.00. The molecule has 0 aromatic rings. The van der Waals surface area contributed by atoms with E-state index in [1.54, 1.807) is 0 Å². The van der Waals surface area contributed by atoms with Gasteiger partial charge in [0.15, 0.2) is 0 Å². The van der Waals surface area contributed by atoms with Crippen LogP contribution in [-0.2, 0) is 0 Å². The Kier molecular flexibility index (Phi) is 10.3. The van der Waals surface area contributed by atoms with E-state index in [1.165, 1.54) is 57.8 Å². The van der Waals surface area contributed by atoms with Crippen molar-refractivity contribution in [2.24, 2.45) is 0 Å². The molecule has 3 heteroatoms. The lowest BCUT2D eigenvalue weighted by Crippen LogP contribution is -2.48. The van der Waals surface area contributed by atoms with Crippen molar-refractivity contribution in [3.8, 4) is 0 Å². The zero-order valence-corrected chi connectivity index (χ0v) is 14.2. The zero-order chi connectivity index (χ0) is 15.5. The lowest BCUT2D eigenvalue weighted by Gasteiger charge is -2.32. The molecule has 21 heavy (non-hydrogen) atoms. The molecule has 1 rings (SSSR count). The first-order chi connectivity index (χ1) is 10.1. The van der Waals surface area contributed by atoms with Gasteiger partial charge in [-0.2, -0.15) is 0 Å². The van der Waals surface area contributed by atoms with E-state index in [0.29, 0.717) is 6.04 Å². The Morgan fingerprint density at radius 3 is 2.10 bits per heavy atom. The predicted octanol–water partition coefficient (Wildman–Crippen LogP) is 3.77. The predicted molar refractivity (Wildman–Crippen MR) is 89.5 cm³/mol. The van der Waals surface area contributed by atoms with E-state index < -0.39 is 0 Å². The topological polar surface area (TPSA) is 52.5 Å². The summed E-state index contributed by atoms with van der Waals surface area (Å²) >= 11 is 0. The normalized spacial score (nSPS) is 27.7. The number of aliphatic hydroxyl groups is 2. The highest BCUT2D eigenvalue weighted by molar-refractivity contribution is 4.83. The van der Waals surface area contributed by atoms with Crippen LogP contribution >= 0.6 is 0 Å². The number of hydrogen-bond donors (Lipinski definition) is 3. The van der Waals surface area contributed by atoms with E-state index in [4.69, 9.17) is 0 Å². The highest BCUT2D eigenvalue weighted by Gasteiger charge is 2.24. The van der Waals surface area contributed by atoms with Gasteiger partial charge in [0.1, 0.15) is 0 Å². The second-order valence-electron chi connectivity index (χ2n) is 7.05. The maximum Gasteiger partial charge on any atom is 0.0691 e. The quantitative estimate of drug-likeness (QED) is 0.509.